The van der Waals surface area contributed by atoms with Crippen LogP contribution in [-0.4, -0.2) is 20.6 Å². The standard InChI is InChI=1S/C14H11Cl3N2O3S/c1-23(21,22)19-9-2-4-10(12(16)7-9)14(20)18-8-3-5-11(15)13(17)6-8/h2-7,19H,1H3,(H,18,20). The first-order valence-electron chi connectivity index (χ1n) is 6.19. The molecule has 0 aliphatic heterocycles. The van der Waals surface area contributed by atoms with Gasteiger partial charge < -0.3 is 5.32 Å². The van der Waals surface area contributed by atoms with Gasteiger partial charge in [0.2, 0.25) is 10.0 Å². The molecule has 0 heterocycles. The number of benzene rings is 2. The maximum absolute atomic E-state index is 12.2. The van der Waals surface area contributed by atoms with Crippen LogP contribution in [-0.2, 0) is 10.0 Å². The zero-order valence-corrected chi connectivity index (χ0v) is 14.8. The quantitative estimate of drug-likeness (QED) is 0.814. The minimum absolute atomic E-state index is 0.108. The molecule has 2 rings (SSSR count). The Morgan fingerprint density at radius 2 is 1.52 bits per heavy atom. The molecule has 23 heavy (non-hydrogen) atoms. The number of nitrogens with one attached hydrogen (secondary N) is 2. The second kappa shape index (κ2) is 6.97. The van der Waals surface area contributed by atoms with Gasteiger partial charge in [0, 0.05) is 11.4 Å². The van der Waals surface area contributed by atoms with Crippen LogP contribution in [0.15, 0.2) is 36.4 Å². The van der Waals surface area contributed by atoms with Gasteiger partial charge in [0.05, 0.1) is 26.9 Å². The first-order chi connectivity index (χ1) is 10.7. The van der Waals surface area contributed by atoms with Gasteiger partial charge in [-0.1, -0.05) is 34.8 Å². The Labute approximate surface area is 148 Å². The highest BCUT2D eigenvalue weighted by molar-refractivity contribution is 7.92. The molecule has 0 aromatic heterocycles. The van der Waals surface area contributed by atoms with E-state index in [1.54, 1.807) is 12.1 Å². The molecule has 0 aliphatic carbocycles. The van der Waals surface area contributed by atoms with Crippen molar-refractivity contribution in [1.29, 1.82) is 0 Å². The van der Waals surface area contributed by atoms with E-state index in [0.29, 0.717) is 15.7 Å². The summed E-state index contributed by atoms with van der Waals surface area (Å²) in [4.78, 5) is 12.2. The van der Waals surface area contributed by atoms with Crippen LogP contribution >= 0.6 is 34.8 Å². The molecule has 0 fully saturated rings. The molecule has 0 saturated heterocycles. The van der Waals surface area contributed by atoms with E-state index < -0.39 is 15.9 Å². The third kappa shape index (κ3) is 5.00. The Morgan fingerprint density at radius 1 is 0.913 bits per heavy atom. The lowest BCUT2D eigenvalue weighted by atomic mass is 10.2. The SMILES string of the molecule is CS(=O)(=O)Nc1ccc(C(=O)Nc2ccc(Cl)c(Cl)c2)c(Cl)c1. The molecule has 0 bridgehead atoms. The molecule has 9 heteroatoms. The Balaban J connectivity index is 2.20. The van der Waals surface area contributed by atoms with Crippen LogP contribution in [0, 0.1) is 0 Å². The lowest BCUT2D eigenvalue weighted by Gasteiger charge is -2.10. The van der Waals surface area contributed by atoms with E-state index in [4.69, 9.17) is 34.8 Å². The molecule has 0 radical (unpaired) electrons. The van der Waals surface area contributed by atoms with Gasteiger partial charge in [0.1, 0.15) is 0 Å². The van der Waals surface area contributed by atoms with Crippen LogP contribution in [0.5, 0.6) is 0 Å². The first kappa shape index (κ1) is 17.9. The number of halogens is 3. The fraction of sp³-hybridized carbons (Fsp3) is 0.0714. The Hall–Kier alpha value is -1.47. The molecular weight excluding hydrogens is 383 g/mol. The number of hydrogen-bond acceptors (Lipinski definition) is 3. The van der Waals surface area contributed by atoms with Crippen molar-refractivity contribution >= 4 is 62.1 Å². The molecule has 0 unspecified atom stereocenters. The van der Waals surface area contributed by atoms with Gasteiger partial charge in [-0.15, -0.1) is 0 Å². The normalized spacial score (nSPS) is 11.1. The van der Waals surface area contributed by atoms with Crippen molar-refractivity contribution in [2.24, 2.45) is 0 Å². The number of rotatable bonds is 4. The van der Waals surface area contributed by atoms with Gasteiger partial charge in [0.15, 0.2) is 0 Å². The monoisotopic (exact) mass is 392 g/mol. The maximum Gasteiger partial charge on any atom is 0.257 e. The van der Waals surface area contributed by atoms with Crippen molar-refractivity contribution in [1.82, 2.24) is 0 Å². The van der Waals surface area contributed by atoms with Gasteiger partial charge >= 0.3 is 0 Å². The molecule has 2 aromatic carbocycles. The van der Waals surface area contributed by atoms with Gasteiger partial charge in [-0.25, -0.2) is 8.42 Å². The summed E-state index contributed by atoms with van der Waals surface area (Å²) in [5.41, 5.74) is 0.916. The average Bonchev–Trinajstić information content (AvgIpc) is 2.41. The maximum atomic E-state index is 12.2. The van der Waals surface area contributed by atoms with Gasteiger partial charge in [0.25, 0.3) is 5.91 Å². The molecule has 122 valence electrons. The highest BCUT2D eigenvalue weighted by Gasteiger charge is 2.13. The van der Waals surface area contributed by atoms with Crippen molar-refractivity contribution in [3.8, 4) is 0 Å². The summed E-state index contributed by atoms with van der Waals surface area (Å²) in [6.07, 6.45) is 1.02. The summed E-state index contributed by atoms with van der Waals surface area (Å²) in [7, 11) is -3.42. The molecule has 1 amide bonds. The summed E-state index contributed by atoms with van der Waals surface area (Å²) in [6, 6.07) is 8.88. The molecule has 0 atom stereocenters. The number of sulfonamides is 1. The molecular formula is C14H11Cl3N2O3S. The van der Waals surface area contributed by atoms with Crippen LogP contribution in [0.4, 0.5) is 11.4 Å². The number of amides is 1. The molecule has 0 aliphatic rings. The fourth-order valence-corrected chi connectivity index (χ4v) is 2.87. The largest absolute Gasteiger partial charge is 0.322 e. The first-order valence-corrected chi connectivity index (χ1v) is 9.22. The number of carbonyl (C=O) groups excluding carboxylic acids is 1. The van der Waals surface area contributed by atoms with E-state index in [0.717, 1.165) is 6.26 Å². The summed E-state index contributed by atoms with van der Waals surface area (Å²) < 4.78 is 24.6. The molecule has 2 N–H and O–H groups in total. The minimum atomic E-state index is -3.42. The number of anilines is 2. The Morgan fingerprint density at radius 3 is 2.09 bits per heavy atom. The smallest absolute Gasteiger partial charge is 0.257 e. The van der Waals surface area contributed by atoms with Crippen molar-refractivity contribution in [3.63, 3.8) is 0 Å². The van der Waals surface area contributed by atoms with E-state index in [2.05, 4.69) is 10.0 Å². The second-order valence-corrected chi connectivity index (χ2v) is 7.62. The third-order valence-electron chi connectivity index (χ3n) is 2.69. The van der Waals surface area contributed by atoms with Crippen LogP contribution < -0.4 is 10.0 Å². The van der Waals surface area contributed by atoms with Gasteiger partial charge in [-0.3, -0.25) is 9.52 Å². The second-order valence-electron chi connectivity index (χ2n) is 4.65. The van der Waals surface area contributed by atoms with Crippen LogP contribution in [0.1, 0.15) is 10.4 Å². The van der Waals surface area contributed by atoms with E-state index in [-0.39, 0.29) is 16.3 Å². The lowest BCUT2D eigenvalue weighted by Crippen LogP contribution is -2.13. The lowest BCUT2D eigenvalue weighted by molar-refractivity contribution is 0.102. The summed E-state index contributed by atoms with van der Waals surface area (Å²) in [6.45, 7) is 0. The third-order valence-corrected chi connectivity index (χ3v) is 4.35. The highest BCUT2D eigenvalue weighted by Crippen LogP contribution is 2.26. The van der Waals surface area contributed by atoms with Gasteiger partial charge in [-0.2, -0.15) is 0 Å². The average molecular weight is 394 g/mol. The molecule has 2 aromatic rings. The van der Waals surface area contributed by atoms with E-state index >= 15 is 0 Å². The predicted molar refractivity (Wildman–Crippen MR) is 94.3 cm³/mol. The number of carbonyl (C=O) groups is 1. The fourth-order valence-electron chi connectivity index (χ4n) is 1.75. The van der Waals surface area contributed by atoms with E-state index in [9.17, 15) is 13.2 Å². The zero-order chi connectivity index (χ0) is 17.2. The van der Waals surface area contributed by atoms with Crippen molar-refractivity contribution in [2.45, 2.75) is 0 Å². The van der Waals surface area contributed by atoms with Crippen molar-refractivity contribution < 1.29 is 13.2 Å². The van der Waals surface area contributed by atoms with Crippen LogP contribution in [0.3, 0.4) is 0 Å². The van der Waals surface area contributed by atoms with Gasteiger partial charge in [-0.05, 0) is 36.4 Å². The van der Waals surface area contributed by atoms with Crippen molar-refractivity contribution in [2.75, 3.05) is 16.3 Å². The predicted octanol–water partition coefficient (Wildman–Crippen LogP) is 4.27. The molecule has 0 saturated carbocycles. The number of hydrogen-bond donors (Lipinski definition) is 2. The van der Waals surface area contributed by atoms with Crippen LogP contribution in [0.2, 0.25) is 15.1 Å². The highest BCUT2D eigenvalue weighted by atomic mass is 35.5. The molecule has 5 nitrogen and oxygen atoms in total. The molecule has 0 spiro atoms. The Kier molecular flexibility index (Phi) is 5.41. The van der Waals surface area contributed by atoms with E-state index in [1.165, 1.54) is 24.3 Å². The summed E-state index contributed by atoms with van der Waals surface area (Å²) in [5.74, 6) is -0.459. The topological polar surface area (TPSA) is 75.3 Å². The van der Waals surface area contributed by atoms with Crippen molar-refractivity contribution in [3.05, 3.63) is 57.0 Å². The summed E-state index contributed by atoms with van der Waals surface area (Å²) in [5, 5.41) is 3.42. The van der Waals surface area contributed by atoms with Crippen LogP contribution in [0.25, 0.3) is 0 Å². The summed E-state index contributed by atoms with van der Waals surface area (Å²) >= 11 is 17.7. The minimum Gasteiger partial charge on any atom is -0.322 e. The zero-order valence-electron chi connectivity index (χ0n) is 11.7. The Bertz CT molecular complexity index is 870. The van der Waals surface area contributed by atoms with E-state index in [1.807, 2.05) is 0 Å².